The second-order valence-electron chi connectivity index (χ2n) is 5.71. The van der Waals surface area contributed by atoms with Crippen LogP contribution in [0.5, 0.6) is 0 Å². The average molecular weight is 408 g/mol. The van der Waals surface area contributed by atoms with E-state index in [4.69, 9.17) is 21.1 Å². The van der Waals surface area contributed by atoms with E-state index in [0.717, 1.165) is 23.4 Å². The lowest BCUT2D eigenvalue weighted by Gasteiger charge is -2.28. The maximum atomic E-state index is 13.4. The number of halogens is 4. The van der Waals surface area contributed by atoms with E-state index in [2.05, 4.69) is 0 Å². The molecule has 0 saturated carbocycles. The van der Waals surface area contributed by atoms with Gasteiger partial charge in [0.05, 0.1) is 16.1 Å². The summed E-state index contributed by atoms with van der Waals surface area (Å²) in [7, 11) is 1.52. The summed E-state index contributed by atoms with van der Waals surface area (Å²) in [4.78, 5) is 10.5. The van der Waals surface area contributed by atoms with Crippen LogP contribution in [0, 0.1) is 16.0 Å². The van der Waals surface area contributed by atoms with Crippen molar-refractivity contribution in [2.45, 2.75) is 28.7 Å². The second-order valence-corrected chi connectivity index (χ2v) is 7.36. The monoisotopic (exact) mass is 407 g/mol. The van der Waals surface area contributed by atoms with Crippen molar-refractivity contribution in [3.05, 3.63) is 62.8 Å². The third kappa shape index (κ3) is 4.06. The highest BCUT2D eigenvalue weighted by Crippen LogP contribution is 2.46. The number of hydrogen-bond acceptors (Lipinski definition) is 5. The third-order valence-electron chi connectivity index (χ3n) is 3.98. The van der Waals surface area contributed by atoms with Crippen LogP contribution < -0.4 is 0 Å². The van der Waals surface area contributed by atoms with Crippen molar-refractivity contribution in [3.63, 3.8) is 0 Å². The van der Waals surface area contributed by atoms with Gasteiger partial charge in [0.25, 0.3) is 5.70 Å². The topological polar surface area (TPSA) is 64.9 Å². The fourth-order valence-corrected chi connectivity index (χ4v) is 4.15. The summed E-state index contributed by atoms with van der Waals surface area (Å²) < 4.78 is 50.4. The van der Waals surface area contributed by atoms with Crippen molar-refractivity contribution in [3.8, 4) is 0 Å². The molecular formula is C16H13ClF3NO4S. The van der Waals surface area contributed by atoms with Crippen LogP contribution in [0.15, 0.2) is 52.0 Å². The van der Waals surface area contributed by atoms with Gasteiger partial charge in [-0.15, -0.1) is 11.8 Å². The van der Waals surface area contributed by atoms with Gasteiger partial charge in [-0.25, -0.2) is 0 Å². The van der Waals surface area contributed by atoms with Crippen LogP contribution in [0.1, 0.15) is 11.7 Å². The molecule has 4 atom stereocenters. The molecule has 1 saturated heterocycles. The Bertz CT molecular complexity index is 766. The van der Waals surface area contributed by atoms with Crippen LogP contribution in [-0.4, -0.2) is 29.7 Å². The smallest absolute Gasteiger partial charge is 0.353 e. The zero-order chi connectivity index (χ0) is 19.1. The zero-order valence-corrected chi connectivity index (χ0v) is 14.8. The Balaban J connectivity index is 1.79. The predicted molar refractivity (Wildman–Crippen MR) is 89.3 cm³/mol. The van der Waals surface area contributed by atoms with E-state index in [1.807, 2.05) is 0 Å². The Labute approximate surface area is 155 Å². The van der Waals surface area contributed by atoms with E-state index >= 15 is 0 Å². The highest BCUT2D eigenvalue weighted by Gasteiger charge is 2.48. The number of ether oxygens (including phenoxy) is 2. The summed E-state index contributed by atoms with van der Waals surface area (Å²) in [6.45, 7) is 0. The number of thioether (sulfide) groups is 1. The van der Waals surface area contributed by atoms with Crippen molar-refractivity contribution in [1.29, 1.82) is 0 Å². The molecule has 4 unspecified atom stereocenters. The number of hydrogen-bond donors (Lipinski definition) is 0. The molecule has 1 heterocycles. The lowest BCUT2D eigenvalue weighted by atomic mass is 9.98. The van der Waals surface area contributed by atoms with E-state index in [1.54, 1.807) is 24.3 Å². The van der Waals surface area contributed by atoms with E-state index in [0.29, 0.717) is 11.0 Å². The molecular weight excluding hydrogens is 395 g/mol. The number of allylic oxidation sites excluding steroid dienone is 2. The van der Waals surface area contributed by atoms with Gasteiger partial charge >= 0.3 is 6.18 Å². The maximum Gasteiger partial charge on any atom is 0.396 e. The molecule has 2 aliphatic rings. The molecule has 10 heteroatoms. The van der Waals surface area contributed by atoms with Crippen LogP contribution >= 0.6 is 23.4 Å². The molecule has 1 aromatic rings. The molecule has 1 aromatic carbocycles. The van der Waals surface area contributed by atoms with Crippen molar-refractivity contribution in [2.24, 2.45) is 5.92 Å². The Hall–Kier alpha value is -1.55. The fraction of sp³-hybridized carbons (Fsp3) is 0.375. The van der Waals surface area contributed by atoms with Crippen LogP contribution in [0.3, 0.4) is 0 Å². The quantitative estimate of drug-likeness (QED) is 0.403. The Morgan fingerprint density at radius 1 is 1.31 bits per heavy atom. The molecule has 140 valence electrons. The summed E-state index contributed by atoms with van der Waals surface area (Å²) >= 11 is 6.87. The Morgan fingerprint density at radius 3 is 2.46 bits per heavy atom. The van der Waals surface area contributed by atoms with Gasteiger partial charge in [0, 0.05) is 29.2 Å². The Kier molecular flexibility index (Phi) is 5.34. The van der Waals surface area contributed by atoms with Gasteiger partial charge in [-0.2, -0.15) is 13.2 Å². The number of nitro groups is 1. The first-order valence-corrected chi connectivity index (χ1v) is 8.71. The standard InChI is InChI=1S/C16H13ClF3NO4S/c1-24-15-13(25-15)8-2-4-10(5-3-8)26-14-11(16(18,19)20)6-9(21(22)23)7-12(14)17/h2-7,11,13-15H,1H3. The number of nitrogens with zero attached hydrogens (tertiary/aromatic N) is 1. The fourth-order valence-electron chi connectivity index (χ4n) is 2.62. The number of epoxide rings is 1. The van der Waals surface area contributed by atoms with E-state index in [1.165, 1.54) is 7.11 Å². The zero-order valence-electron chi connectivity index (χ0n) is 13.3. The summed E-state index contributed by atoms with van der Waals surface area (Å²) in [5.41, 5.74) is 0.204. The van der Waals surface area contributed by atoms with Crippen molar-refractivity contribution in [2.75, 3.05) is 7.11 Å². The predicted octanol–water partition coefficient (Wildman–Crippen LogP) is 4.67. The van der Waals surface area contributed by atoms with Crippen LogP contribution in [0.4, 0.5) is 13.2 Å². The normalized spacial score (nSPS) is 28.3. The van der Waals surface area contributed by atoms with Crippen molar-refractivity contribution in [1.82, 2.24) is 0 Å². The molecule has 5 nitrogen and oxygen atoms in total. The molecule has 1 aliphatic heterocycles. The Morgan fingerprint density at radius 2 is 1.96 bits per heavy atom. The number of rotatable bonds is 5. The molecule has 0 aromatic heterocycles. The van der Waals surface area contributed by atoms with E-state index in [9.17, 15) is 23.3 Å². The molecule has 0 N–H and O–H groups in total. The molecule has 0 amide bonds. The van der Waals surface area contributed by atoms with E-state index < -0.39 is 28.0 Å². The molecule has 26 heavy (non-hydrogen) atoms. The van der Waals surface area contributed by atoms with Gasteiger partial charge in [-0.05, 0) is 17.7 Å². The summed E-state index contributed by atoms with van der Waals surface area (Å²) in [5, 5.41) is 9.44. The molecule has 0 radical (unpaired) electrons. The van der Waals surface area contributed by atoms with Crippen LogP contribution in [0.2, 0.25) is 0 Å². The van der Waals surface area contributed by atoms with Gasteiger partial charge in [0.1, 0.15) is 6.10 Å². The van der Waals surface area contributed by atoms with Gasteiger partial charge in [-0.1, -0.05) is 23.7 Å². The first-order valence-electron chi connectivity index (χ1n) is 7.45. The first-order chi connectivity index (χ1) is 12.2. The van der Waals surface area contributed by atoms with E-state index in [-0.39, 0.29) is 17.4 Å². The average Bonchev–Trinajstić information content (AvgIpc) is 3.35. The largest absolute Gasteiger partial charge is 0.396 e. The molecule has 1 aliphatic carbocycles. The number of methoxy groups -OCH3 is 1. The molecule has 3 rings (SSSR count). The lowest BCUT2D eigenvalue weighted by molar-refractivity contribution is -0.420. The first kappa shape index (κ1) is 19.2. The third-order valence-corrected chi connectivity index (χ3v) is 5.80. The SMILES string of the molecule is COC1OC1c1ccc(SC2C(Cl)=CC([N+](=O)[O-])=CC2C(F)(F)F)cc1. The highest BCUT2D eigenvalue weighted by molar-refractivity contribution is 8.00. The maximum absolute atomic E-state index is 13.4. The summed E-state index contributed by atoms with van der Waals surface area (Å²) in [5.74, 6) is -2.05. The van der Waals surface area contributed by atoms with Crippen molar-refractivity contribution < 1.29 is 27.6 Å². The molecule has 1 fully saturated rings. The minimum Gasteiger partial charge on any atom is -0.353 e. The summed E-state index contributed by atoms with van der Waals surface area (Å²) in [6, 6.07) is 6.82. The molecule has 0 spiro atoms. The molecule has 0 bridgehead atoms. The summed E-state index contributed by atoms with van der Waals surface area (Å²) in [6.07, 6.45) is -3.55. The lowest BCUT2D eigenvalue weighted by Crippen LogP contribution is -2.33. The van der Waals surface area contributed by atoms with Crippen molar-refractivity contribution >= 4 is 23.4 Å². The van der Waals surface area contributed by atoms with Crippen LogP contribution in [0.25, 0.3) is 0 Å². The highest BCUT2D eigenvalue weighted by atomic mass is 35.5. The van der Waals surface area contributed by atoms with Gasteiger partial charge in [-0.3, -0.25) is 10.1 Å². The minimum absolute atomic E-state index is 0.175. The minimum atomic E-state index is -4.65. The van der Waals surface area contributed by atoms with Gasteiger partial charge < -0.3 is 9.47 Å². The number of benzene rings is 1. The number of alkyl halides is 3. The van der Waals surface area contributed by atoms with Crippen LogP contribution in [-0.2, 0) is 9.47 Å². The second kappa shape index (κ2) is 7.22. The van der Waals surface area contributed by atoms with Gasteiger partial charge in [0.2, 0.25) is 0 Å². The van der Waals surface area contributed by atoms with Gasteiger partial charge in [0.15, 0.2) is 6.29 Å².